The number of fused-ring (bicyclic) bond motifs is 1. The molecule has 0 radical (unpaired) electrons. The highest BCUT2D eigenvalue weighted by atomic mass is 19.1. The molecule has 2 aromatic heterocycles. The van der Waals surface area contributed by atoms with Gasteiger partial charge in [0.1, 0.15) is 11.5 Å². The van der Waals surface area contributed by atoms with Crippen LogP contribution >= 0.6 is 0 Å². The predicted octanol–water partition coefficient (Wildman–Crippen LogP) is 4.30. The van der Waals surface area contributed by atoms with Gasteiger partial charge in [-0.2, -0.15) is 0 Å². The number of benzene rings is 1. The molecule has 0 unspecified atom stereocenters. The molecule has 7 heteroatoms. The van der Waals surface area contributed by atoms with Crippen LogP contribution in [0.3, 0.4) is 0 Å². The zero-order valence-electron chi connectivity index (χ0n) is 13.9. The first-order valence-corrected chi connectivity index (χ1v) is 7.87. The summed E-state index contributed by atoms with van der Waals surface area (Å²) in [6.45, 7) is 4.01. The van der Waals surface area contributed by atoms with Gasteiger partial charge in [-0.3, -0.25) is 9.20 Å². The van der Waals surface area contributed by atoms with Gasteiger partial charge in [0.25, 0.3) is 0 Å². The first-order chi connectivity index (χ1) is 12.1. The molecule has 0 bridgehead atoms. The molecule has 3 rings (SSSR count). The number of aromatic nitrogens is 2. The Hall–Kier alpha value is -3.09. The first kappa shape index (κ1) is 16.8. The van der Waals surface area contributed by atoms with E-state index < -0.39 is 0 Å². The minimum atomic E-state index is -0.374. The molecule has 0 spiro atoms. The van der Waals surface area contributed by atoms with E-state index in [2.05, 4.69) is 15.2 Å². The van der Waals surface area contributed by atoms with Crippen LogP contribution in [0.15, 0.2) is 52.8 Å². The molecule has 25 heavy (non-hydrogen) atoms. The monoisotopic (exact) mass is 340 g/mol. The number of rotatable bonds is 5. The van der Waals surface area contributed by atoms with E-state index in [0.717, 1.165) is 5.56 Å². The third-order valence-corrected chi connectivity index (χ3v) is 3.53. The molecule has 6 nitrogen and oxygen atoms in total. The van der Waals surface area contributed by atoms with Crippen LogP contribution in [-0.4, -0.2) is 22.0 Å². The smallest absolute Gasteiger partial charge is 0.312 e. The minimum absolute atomic E-state index is 0.00629. The first-order valence-electron chi connectivity index (χ1n) is 7.87. The number of carbonyl (C=O) groups is 1. The van der Waals surface area contributed by atoms with E-state index in [1.165, 1.54) is 24.3 Å². The van der Waals surface area contributed by atoms with Crippen LogP contribution < -0.4 is 0 Å². The topological polar surface area (TPSA) is 68.3 Å². The van der Waals surface area contributed by atoms with Gasteiger partial charge in [0.2, 0.25) is 0 Å². The molecule has 0 atom stereocenters. The highest BCUT2D eigenvalue weighted by Crippen LogP contribution is 2.25. The van der Waals surface area contributed by atoms with Crippen LogP contribution in [0, 0.1) is 12.7 Å². The van der Waals surface area contributed by atoms with Gasteiger partial charge < -0.3 is 4.74 Å². The molecule has 0 saturated heterocycles. The van der Waals surface area contributed by atoms with Gasteiger partial charge in [-0.15, -0.1) is 10.2 Å². The summed E-state index contributed by atoms with van der Waals surface area (Å²) in [5.74, 6) is -0.263. The van der Waals surface area contributed by atoms with Gasteiger partial charge in [-0.25, -0.2) is 9.37 Å². The van der Waals surface area contributed by atoms with Crippen molar-refractivity contribution < 1.29 is 13.9 Å². The maximum absolute atomic E-state index is 13.0. The van der Waals surface area contributed by atoms with E-state index in [-0.39, 0.29) is 18.2 Å². The summed E-state index contributed by atoms with van der Waals surface area (Å²) in [4.78, 5) is 16.3. The molecule has 0 N–H and O–H groups in total. The third-order valence-electron chi connectivity index (χ3n) is 3.53. The van der Waals surface area contributed by atoms with Crippen molar-refractivity contribution in [2.75, 3.05) is 6.61 Å². The Balaban J connectivity index is 2.00. The summed E-state index contributed by atoms with van der Waals surface area (Å²) >= 11 is 0. The van der Waals surface area contributed by atoms with Gasteiger partial charge in [-0.05, 0) is 55.8 Å². The lowest BCUT2D eigenvalue weighted by Crippen LogP contribution is -2.07. The fourth-order valence-corrected chi connectivity index (χ4v) is 2.37. The summed E-state index contributed by atoms with van der Waals surface area (Å²) in [7, 11) is 0. The number of azo groups is 1. The number of esters is 1. The highest BCUT2D eigenvalue weighted by Gasteiger charge is 2.16. The van der Waals surface area contributed by atoms with Crippen molar-refractivity contribution in [3.8, 4) is 0 Å². The number of carbonyl (C=O) groups excluding carboxylic acids is 1. The quantitative estimate of drug-likeness (QED) is 0.513. The lowest BCUT2D eigenvalue weighted by Gasteiger charge is -2.00. The van der Waals surface area contributed by atoms with E-state index in [1.54, 1.807) is 11.3 Å². The lowest BCUT2D eigenvalue weighted by atomic mass is 10.3. The van der Waals surface area contributed by atoms with Gasteiger partial charge in [0, 0.05) is 6.20 Å². The normalized spacial score (nSPS) is 11.3. The van der Waals surface area contributed by atoms with Crippen molar-refractivity contribution in [3.63, 3.8) is 0 Å². The molecule has 0 aliphatic heterocycles. The molecule has 0 saturated carbocycles. The van der Waals surface area contributed by atoms with Crippen molar-refractivity contribution in [2.45, 2.75) is 20.3 Å². The molecular formula is C18H17FN4O2. The van der Waals surface area contributed by atoms with E-state index in [9.17, 15) is 9.18 Å². The predicted molar refractivity (Wildman–Crippen MR) is 90.8 cm³/mol. The molecule has 0 fully saturated rings. The Morgan fingerprint density at radius 3 is 2.72 bits per heavy atom. The van der Waals surface area contributed by atoms with Gasteiger partial charge in [0.05, 0.1) is 24.4 Å². The largest absolute Gasteiger partial charge is 0.466 e. The molecule has 1 aromatic carbocycles. The molecular weight excluding hydrogens is 323 g/mol. The number of hydrogen-bond acceptors (Lipinski definition) is 5. The Morgan fingerprint density at radius 2 is 2.00 bits per heavy atom. The SMILES string of the molecule is CCOC(=O)Cc1nc2cc(C)ccn2c1N=Nc1ccc(F)cc1. The van der Waals surface area contributed by atoms with E-state index in [0.29, 0.717) is 29.5 Å². The van der Waals surface area contributed by atoms with Crippen LogP contribution in [0.4, 0.5) is 15.9 Å². The Morgan fingerprint density at radius 1 is 1.24 bits per heavy atom. The zero-order valence-corrected chi connectivity index (χ0v) is 13.9. The number of pyridine rings is 1. The molecule has 0 amide bonds. The van der Waals surface area contributed by atoms with Crippen LogP contribution in [0.25, 0.3) is 5.65 Å². The van der Waals surface area contributed by atoms with Crippen LogP contribution in [0.2, 0.25) is 0 Å². The van der Waals surface area contributed by atoms with Crippen molar-refractivity contribution in [1.29, 1.82) is 0 Å². The summed E-state index contributed by atoms with van der Waals surface area (Å²) in [6.07, 6.45) is 1.83. The Bertz CT molecular complexity index is 932. The number of aryl methyl sites for hydroxylation is 1. The number of nitrogens with zero attached hydrogens (tertiary/aromatic N) is 4. The number of ether oxygens (including phenoxy) is 1. The molecule has 0 aliphatic carbocycles. The average Bonchev–Trinajstić information content (AvgIpc) is 2.90. The fraction of sp³-hybridized carbons (Fsp3) is 0.222. The van der Waals surface area contributed by atoms with Crippen LogP contribution in [0.1, 0.15) is 18.2 Å². The second kappa shape index (κ2) is 7.21. The highest BCUT2D eigenvalue weighted by molar-refractivity contribution is 5.74. The second-order valence-corrected chi connectivity index (χ2v) is 5.47. The summed E-state index contributed by atoms with van der Waals surface area (Å²) in [6, 6.07) is 9.48. The van der Waals surface area contributed by atoms with Gasteiger partial charge in [-0.1, -0.05) is 0 Å². The number of imidazole rings is 1. The second-order valence-electron chi connectivity index (χ2n) is 5.47. The molecule has 3 aromatic rings. The third kappa shape index (κ3) is 3.88. The van der Waals surface area contributed by atoms with E-state index in [4.69, 9.17) is 4.74 Å². The van der Waals surface area contributed by atoms with Crippen LogP contribution in [-0.2, 0) is 16.0 Å². The van der Waals surface area contributed by atoms with Gasteiger partial charge in [0.15, 0.2) is 5.82 Å². The maximum atomic E-state index is 13.0. The zero-order chi connectivity index (χ0) is 17.8. The Labute approximate surface area is 144 Å². The Kier molecular flexibility index (Phi) is 4.83. The van der Waals surface area contributed by atoms with Crippen molar-refractivity contribution >= 4 is 23.1 Å². The van der Waals surface area contributed by atoms with Crippen LogP contribution in [0.5, 0.6) is 0 Å². The average molecular weight is 340 g/mol. The van der Waals surface area contributed by atoms with E-state index >= 15 is 0 Å². The van der Waals surface area contributed by atoms with Gasteiger partial charge >= 0.3 is 5.97 Å². The maximum Gasteiger partial charge on any atom is 0.312 e. The number of halogens is 1. The van der Waals surface area contributed by atoms with Crippen molar-refractivity contribution in [1.82, 2.24) is 9.38 Å². The molecule has 0 aliphatic rings. The standard InChI is InChI=1S/C18H17FN4O2/c1-3-25-17(24)11-15-18(22-21-14-6-4-13(19)5-7-14)23-9-8-12(2)10-16(23)20-15/h4-10H,3,11H2,1-2H3. The summed E-state index contributed by atoms with van der Waals surface area (Å²) in [5, 5.41) is 8.35. The molecule has 2 heterocycles. The minimum Gasteiger partial charge on any atom is -0.466 e. The summed E-state index contributed by atoms with van der Waals surface area (Å²) in [5.41, 5.74) is 2.70. The molecule has 128 valence electrons. The lowest BCUT2D eigenvalue weighted by molar-refractivity contribution is -0.142. The number of hydrogen-bond donors (Lipinski definition) is 0. The summed E-state index contributed by atoms with van der Waals surface area (Å²) < 4.78 is 19.7. The van der Waals surface area contributed by atoms with Crippen molar-refractivity contribution in [3.05, 3.63) is 59.7 Å². The van der Waals surface area contributed by atoms with E-state index in [1.807, 2.05) is 25.3 Å². The fourth-order valence-electron chi connectivity index (χ4n) is 2.37. The van der Waals surface area contributed by atoms with Crippen molar-refractivity contribution in [2.24, 2.45) is 10.2 Å².